The summed E-state index contributed by atoms with van der Waals surface area (Å²) >= 11 is 0. The molecule has 7 heteroatoms. The Morgan fingerprint density at radius 3 is 1.90 bits per heavy atom. The summed E-state index contributed by atoms with van der Waals surface area (Å²) < 4.78 is 0. The summed E-state index contributed by atoms with van der Waals surface area (Å²) in [6.45, 7) is 9.28. The zero-order valence-corrected chi connectivity index (χ0v) is 17.4. The van der Waals surface area contributed by atoms with Crippen molar-refractivity contribution in [3.05, 3.63) is 66.2 Å². The van der Waals surface area contributed by atoms with E-state index >= 15 is 0 Å². The lowest BCUT2D eigenvalue weighted by atomic mass is 10.1. The maximum atomic E-state index is 9.10. The average molecular weight is 414 g/mol. The van der Waals surface area contributed by atoms with E-state index in [1.807, 2.05) is 0 Å². The van der Waals surface area contributed by atoms with Gasteiger partial charge in [0.15, 0.2) is 0 Å². The van der Waals surface area contributed by atoms with Crippen LogP contribution in [0.2, 0.25) is 0 Å². The maximum absolute atomic E-state index is 9.10. The van der Waals surface area contributed by atoms with E-state index in [2.05, 4.69) is 82.7 Å². The first-order valence-electron chi connectivity index (χ1n) is 10.2. The van der Waals surface area contributed by atoms with Crippen LogP contribution in [0.5, 0.6) is 0 Å². The number of aliphatic carboxylic acids is 2. The van der Waals surface area contributed by atoms with Crippen LogP contribution in [-0.2, 0) is 16.0 Å². The molecule has 1 unspecified atom stereocenters. The van der Waals surface area contributed by atoms with Gasteiger partial charge in [0.2, 0.25) is 0 Å². The Balaban J connectivity index is 0.000000469. The van der Waals surface area contributed by atoms with Gasteiger partial charge in [-0.05, 0) is 31.0 Å². The van der Waals surface area contributed by atoms with Crippen LogP contribution in [0.1, 0.15) is 12.5 Å². The highest BCUT2D eigenvalue weighted by atomic mass is 16.4. The van der Waals surface area contributed by atoms with Crippen molar-refractivity contribution in [1.82, 2.24) is 9.80 Å². The van der Waals surface area contributed by atoms with Gasteiger partial charge in [-0.2, -0.15) is 0 Å². The number of hydrogen-bond acceptors (Lipinski definition) is 5. The third kappa shape index (κ3) is 9.07. The minimum Gasteiger partial charge on any atom is -0.473 e. The fraction of sp³-hybridized carbons (Fsp3) is 0.391. The predicted octanol–water partition coefficient (Wildman–Crippen LogP) is 2.50. The van der Waals surface area contributed by atoms with E-state index < -0.39 is 11.9 Å². The number of anilines is 1. The molecule has 1 aliphatic rings. The molecule has 1 aliphatic heterocycles. The Bertz CT molecular complexity index is 751. The summed E-state index contributed by atoms with van der Waals surface area (Å²) in [7, 11) is 0. The van der Waals surface area contributed by atoms with E-state index in [0.717, 1.165) is 13.0 Å². The first-order chi connectivity index (χ1) is 14.4. The second-order valence-electron chi connectivity index (χ2n) is 7.40. The van der Waals surface area contributed by atoms with Crippen LogP contribution < -0.4 is 5.32 Å². The van der Waals surface area contributed by atoms with Gasteiger partial charge in [0.25, 0.3) is 0 Å². The Morgan fingerprint density at radius 1 is 0.867 bits per heavy atom. The van der Waals surface area contributed by atoms with Crippen LogP contribution in [-0.4, -0.2) is 77.3 Å². The zero-order valence-electron chi connectivity index (χ0n) is 17.4. The summed E-state index contributed by atoms with van der Waals surface area (Å²) in [4.78, 5) is 23.4. The lowest BCUT2D eigenvalue weighted by Crippen LogP contribution is -2.49. The van der Waals surface area contributed by atoms with E-state index in [0.29, 0.717) is 6.04 Å². The lowest BCUT2D eigenvalue weighted by Gasteiger charge is -2.36. The topological polar surface area (TPSA) is 93.1 Å². The number of nitrogens with zero attached hydrogens (tertiary/aromatic N) is 2. The molecule has 0 radical (unpaired) electrons. The second-order valence-corrected chi connectivity index (χ2v) is 7.40. The van der Waals surface area contributed by atoms with Crippen molar-refractivity contribution >= 4 is 17.6 Å². The van der Waals surface area contributed by atoms with Crippen molar-refractivity contribution < 1.29 is 19.8 Å². The summed E-state index contributed by atoms with van der Waals surface area (Å²) in [5.74, 6) is -3.65. The Hall–Kier alpha value is -2.90. The number of para-hydroxylation sites is 1. The van der Waals surface area contributed by atoms with Crippen LogP contribution in [0, 0.1) is 0 Å². The SMILES string of the molecule is CC(CN1CCN(CCc2ccccc2)CC1)Nc1ccccc1.O=C(O)C(=O)O. The second kappa shape index (κ2) is 12.6. The summed E-state index contributed by atoms with van der Waals surface area (Å²) in [6.07, 6.45) is 1.16. The van der Waals surface area contributed by atoms with Gasteiger partial charge in [-0.3, -0.25) is 4.90 Å². The van der Waals surface area contributed by atoms with Crippen LogP contribution in [0.15, 0.2) is 60.7 Å². The average Bonchev–Trinajstić information content (AvgIpc) is 2.75. The number of benzene rings is 2. The molecular formula is C23H31N3O4. The molecule has 0 amide bonds. The van der Waals surface area contributed by atoms with Gasteiger partial charge >= 0.3 is 11.9 Å². The van der Waals surface area contributed by atoms with Gasteiger partial charge in [-0.1, -0.05) is 48.5 Å². The van der Waals surface area contributed by atoms with Crippen LogP contribution >= 0.6 is 0 Å². The largest absolute Gasteiger partial charge is 0.473 e. The van der Waals surface area contributed by atoms with Crippen molar-refractivity contribution in [1.29, 1.82) is 0 Å². The van der Waals surface area contributed by atoms with E-state index in [1.54, 1.807) is 0 Å². The Labute approximate surface area is 177 Å². The quantitative estimate of drug-likeness (QED) is 0.601. The summed E-state index contributed by atoms with van der Waals surface area (Å²) in [5, 5.41) is 18.4. The molecule has 3 rings (SSSR count). The first kappa shape index (κ1) is 23.4. The van der Waals surface area contributed by atoms with E-state index in [-0.39, 0.29) is 0 Å². The monoisotopic (exact) mass is 413 g/mol. The molecular weight excluding hydrogens is 382 g/mol. The highest BCUT2D eigenvalue weighted by Gasteiger charge is 2.18. The van der Waals surface area contributed by atoms with Crippen molar-refractivity contribution in [2.75, 3.05) is 44.6 Å². The van der Waals surface area contributed by atoms with E-state index in [9.17, 15) is 0 Å². The molecule has 30 heavy (non-hydrogen) atoms. The van der Waals surface area contributed by atoms with E-state index in [4.69, 9.17) is 19.8 Å². The minimum absolute atomic E-state index is 0.475. The third-order valence-corrected chi connectivity index (χ3v) is 4.93. The predicted molar refractivity (Wildman–Crippen MR) is 118 cm³/mol. The van der Waals surface area contributed by atoms with E-state index in [1.165, 1.54) is 44.0 Å². The Morgan fingerprint density at radius 2 is 1.37 bits per heavy atom. The summed E-state index contributed by atoms with van der Waals surface area (Å²) in [6, 6.07) is 21.8. The fourth-order valence-electron chi connectivity index (χ4n) is 3.38. The number of carboxylic acid groups (broad SMARTS) is 2. The number of carboxylic acids is 2. The highest BCUT2D eigenvalue weighted by Crippen LogP contribution is 2.10. The smallest absolute Gasteiger partial charge is 0.414 e. The van der Waals surface area contributed by atoms with Gasteiger partial charge < -0.3 is 20.4 Å². The van der Waals surface area contributed by atoms with Gasteiger partial charge in [-0.15, -0.1) is 0 Å². The van der Waals surface area contributed by atoms with Gasteiger partial charge in [0.1, 0.15) is 0 Å². The summed E-state index contributed by atoms with van der Waals surface area (Å²) in [5.41, 5.74) is 2.66. The van der Waals surface area contributed by atoms with Crippen LogP contribution in [0.4, 0.5) is 5.69 Å². The maximum Gasteiger partial charge on any atom is 0.414 e. The van der Waals surface area contributed by atoms with Crippen molar-refractivity contribution in [2.45, 2.75) is 19.4 Å². The molecule has 0 aliphatic carbocycles. The molecule has 162 valence electrons. The molecule has 0 aromatic heterocycles. The number of nitrogens with one attached hydrogen (secondary N) is 1. The molecule has 2 aromatic rings. The minimum atomic E-state index is -1.82. The van der Waals surface area contributed by atoms with Crippen molar-refractivity contribution in [3.63, 3.8) is 0 Å². The molecule has 1 saturated heterocycles. The molecule has 1 heterocycles. The first-order valence-corrected chi connectivity index (χ1v) is 10.2. The molecule has 2 aromatic carbocycles. The van der Waals surface area contributed by atoms with Gasteiger partial charge in [0.05, 0.1) is 0 Å². The highest BCUT2D eigenvalue weighted by molar-refractivity contribution is 6.27. The number of rotatable bonds is 7. The van der Waals surface area contributed by atoms with Crippen molar-refractivity contribution in [3.8, 4) is 0 Å². The van der Waals surface area contributed by atoms with Crippen molar-refractivity contribution in [2.24, 2.45) is 0 Å². The normalized spacial score (nSPS) is 15.5. The van der Waals surface area contributed by atoms with Crippen LogP contribution in [0.3, 0.4) is 0 Å². The molecule has 7 nitrogen and oxygen atoms in total. The fourth-order valence-corrected chi connectivity index (χ4v) is 3.38. The molecule has 1 atom stereocenters. The third-order valence-electron chi connectivity index (χ3n) is 4.93. The molecule has 1 fully saturated rings. The van der Waals surface area contributed by atoms with Gasteiger partial charge in [-0.25, -0.2) is 9.59 Å². The van der Waals surface area contributed by atoms with Crippen LogP contribution in [0.25, 0.3) is 0 Å². The Kier molecular flexibility index (Phi) is 9.83. The standard InChI is InChI=1S/C21H29N3.C2H2O4/c1-19(22-21-10-6-3-7-11-21)18-24-16-14-23(15-17-24)13-12-20-8-4-2-5-9-20;3-1(4)2(5)6/h2-11,19,22H,12-18H2,1H3;(H,3,4)(H,5,6). The molecule has 0 bridgehead atoms. The molecule has 0 spiro atoms. The lowest BCUT2D eigenvalue weighted by molar-refractivity contribution is -0.159. The number of carbonyl (C=O) groups is 2. The number of hydrogen-bond donors (Lipinski definition) is 3. The molecule has 3 N–H and O–H groups in total. The number of piperazine rings is 1. The molecule has 0 saturated carbocycles. The zero-order chi connectivity index (χ0) is 21.8. The van der Waals surface area contributed by atoms with Gasteiger partial charge in [0, 0.05) is 51.0 Å².